The van der Waals surface area contributed by atoms with Crippen LogP contribution in [-0.2, 0) is 0 Å². The fourth-order valence-corrected chi connectivity index (χ4v) is 3.64. The standard InChI is InChI=1S/C20H21N9O/c1-12-9-17(24-18-10-13(2)26-27-18)25-20(23-12)29-8-3-5-15(29)16-11-14(28-30-16)19-21-6-4-7-22-19/h4,6-7,9-11,15H,3,5,8H2,1-2H3,(H2,23,24,25,26,27). The molecule has 5 rings (SSSR count). The fraction of sp³-hybridized carbons (Fsp3) is 0.300. The summed E-state index contributed by atoms with van der Waals surface area (Å²) in [6.45, 7) is 4.75. The predicted octanol–water partition coefficient (Wildman–Crippen LogP) is 3.35. The summed E-state index contributed by atoms with van der Waals surface area (Å²) >= 11 is 0. The summed E-state index contributed by atoms with van der Waals surface area (Å²) in [5, 5.41) is 14.5. The van der Waals surface area contributed by atoms with Crippen molar-refractivity contribution in [1.29, 1.82) is 0 Å². The summed E-state index contributed by atoms with van der Waals surface area (Å²) in [6.07, 6.45) is 5.33. The minimum absolute atomic E-state index is 0.0113. The zero-order valence-corrected chi connectivity index (χ0v) is 16.7. The Balaban J connectivity index is 1.42. The lowest BCUT2D eigenvalue weighted by atomic mass is 10.1. The molecular weight excluding hydrogens is 382 g/mol. The molecule has 4 aromatic heterocycles. The van der Waals surface area contributed by atoms with Gasteiger partial charge in [-0.1, -0.05) is 5.16 Å². The molecule has 1 aliphatic heterocycles. The number of aromatic amines is 1. The van der Waals surface area contributed by atoms with Crippen molar-refractivity contribution in [2.75, 3.05) is 16.8 Å². The van der Waals surface area contributed by atoms with Crippen LogP contribution in [0.4, 0.5) is 17.6 Å². The van der Waals surface area contributed by atoms with Crippen LogP contribution >= 0.6 is 0 Å². The number of aromatic nitrogens is 7. The van der Waals surface area contributed by atoms with Crippen LogP contribution in [0, 0.1) is 13.8 Å². The second kappa shape index (κ2) is 7.54. The molecule has 0 radical (unpaired) electrons. The first-order valence-electron chi connectivity index (χ1n) is 9.81. The SMILES string of the molecule is Cc1cc(Nc2cc(C)[nH]n2)nc(N2CCCC2c2cc(-c3ncccn3)no2)n1. The van der Waals surface area contributed by atoms with Gasteiger partial charge in [0.05, 0.1) is 6.04 Å². The second-order valence-electron chi connectivity index (χ2n) is 7.29. The highest BCUT2D eigenvalue weighted by atomic mass is 16.5. The number of H-pyrrole nitrogens is 1. The summed E-state index contributed by atoms with van der Waals surface area (Å²) in [4.78, 5) is 20.0. The van der Waals surface area contributed by atoms with Crippen molar-refractivity contribution in [3.63, 3.8) is 0 Å². The molecule has 0 aliphatic carbocycles. The van der Waals surface area contributed by atoms with E-state index in [0.29, 0.717) is 23.3 Å². The summed E-state index contributed by atoms with van der Waals surface area (Å²) in [6, 6.07) is 7.51. The normalized spacial score (nSPS) is 16.2. The zero-order chi connectivity index (χ0) is 20.5. The zero-order valence-electron chi connectivity index (χ0n) is 16.7. The smallest absolute Gasteiger partial charge is 0.228 e. The van der Waals surface area contributed by atoms with Gasteiger partial charge in [-0.25, -0.2) is 15.0 Å². The van der Waals surface area contributed by atoms with E-state index in [1.165, 1.54) is 0 Å². The second-order valence-corrected chi connectivity index (χ2v) is 7.29. The van der Waals surface area contributed by atoms with Crippen LogP contribution < -0.4 is 10.2 Å². The van der Waals surface area contributed by atoms with E-state index in [4.69, 9.17) is 9.51 Å². The highest BCUT2D eigenvalue weighted by molar-refractivity contribution is 5.55. The number of rotatable bonds is 5. The van der Waals surface area contributed by atoms with Gasteiger partial charge in [-0.3, -0.25) is 5.10 Å². The third-order valence-electron chi connectivity index (χ3n) is 4.97. The lowest BCUT2D eigenvalue weighted by Crippen LogP contribution is -2.25. The molecule has 30 heavy (non-hydrogen) atoms. The summed E-state index contributed by atoms with van der Waals surface area (Å²) in [5.41, 5.74) is 2.47. The fourth-order valence-electron chi connectivity index (χ4n) is 3.64. The van der Waals surface area contributed by atoms with E-state index in [-0.39, 0.29) is 6.04 Å². The van der Waals surface area contributed by atoms with E-state index >= 15 is 0 Å². The molecule has 1 atom stereocenters. The van der Waals surface area contributed by atoms with Gasteiger partial charge < -0.3 is 14.7 Å². The Kier molecular flexibility index (Phi) is 4.58. The molecule has 1 fully saturated rings. The van der Waals surface area contributed by atoms with Crippen LogP contribution in [0.1, 0.15) is 36.0 Å². The van der Waals surface area contributed by atoms with E-state index in [2.05, 4.69) is 40.5 Å². The highest BCUT2D eigenvalue weighted by Crippen LogP contribution is 2.36. The Hall–Kier alpha value is -3.82. The van der Waals surface area contributed by atoms with Crippen LogP contribution in [-0.4, -0.2) is 41.8 Å². The van der Waals surface area contributed by atoms with Gasteiger partial charge in [-0.05, 0) is 32.8 Å². The van der Waals surface area contributed by atoms with Gasteiger partial charge in [0, 0.05) is 48.5 Å². The Morgan fingerprint density at radius 2 is 1.97 bits per heavy atom. The molecule has 152 valence electrons. The van der Waals surface area contributed by atoms with Crippen molar-refractivity contribution in [3.05, 3.63) is 53.8 Å². The lowest BCUT2D eigenvalue weighted by molar-refractivity contribution is 0.362. The molecule has 0 amide bonds. The number of anilines is 3. The topological polar surface area (TPSA) is 122 Å². The first-order chi connectivity index (χ1) is 14.7. The van der Waals surface area contributed by atoms with Crippen molar-refractivity contribution >= 4 is 17.6 Å². The highest BCUT2D eigenvalue weighted by Gasteiger charge is 2.32. The van der Waals surface area contributed by atoms with Gasteiger partial charge in [-0.2, -0.15) is 10.1 Å². The molecule has 10 nitrogen and oxygen atoms in total. The van der Waals surface area contributed by atoms with E-state index in [1.807, 2.05) is 32.0 Å². The van der Waals surface area contributed by atoms with E-state index in [0.717, 1.165) is 42.4 Å². The van der Waals surface area contributed by atoms with Gasteiger partial charge in [0.25, 0.3) is 0 Å². The Labute approximate surface area is 172 Å². The first-order valence-corrected chi connectivity index (χ1v) is 9.81. The Bertz CT molecular complexity index is 1150. The van der Waals surface area contributed by atoms with Crippen molar-refractivity contribution in [2.24, 2.45) is 0 Å². The van der Waals surface area contributed by atoms with Gasteiger partial charge >= 0.3 is 0 Å². The van der Waals surface area contributed by atoms with Gasteiger partial charge in [0.1, 0.15) is 5.82 Å². The predicted molar refractivity (Wildman–Crippen MR) is 110 cm³/mol. The number of hydrogen-bond acceptors (Lipinski definition) is 9. The molecule has 10 heteroatoms. The molecule has 5 heterocycles. The molecule has 1 saturated heterocycles. The van der Waals surface area contributed by atoms with Crippen LogP contribution in [0.2, 0.25) is 0 Å². The van der Waals surface area contributed by atoms with Crippen LogP contribution in [0.3, 0.4) is 0 Å². The van der Waals surface area contributed by atoms with Crippen molar-refractivity contribution in [3.8, 4) is 11.5 Å². The summed E-state index contributed by atoms with van der Waals surface area (Å²) < 4.78 is 5.66. The number of hydrogen-bond donors (Lipinski definition) is 2. The number of aryl methyl sites for hydroxylation is 2. The number of nitrogens with zero attached hydrogens (tertiary/aromatic N) is 7. The average Bonchev–Trinajstić information content (AvgIpc) is 3.48. The Morgan fingerprint density at radius 1 is 1.10 bits per heavy atom. The lowest BCUT2D eigenvalue weighted by Gasteiger charge is -2.23. The minimum atomic E-state index is 0.0113. The van der Waals surface area contributed by atoms with Crippen LogP contribution in [0.15, 0.2) is 41.2 Å². The van der Waals surface area contributed by atoms with Crippen LogP contribution in [0.25, 0.3) is 11.5 Å². The third-order valence-corrected chi connectivity index (χ3v) is 4.97. The molecule has 0 saturated carbocycles. The van der Waals surface area contributed by atoms with Crippen LogP contribution in [0.5, 0.6) is 0 Å². The van der Waals surface area contributed by atoms with Crippen molar-refractivity contribution in [2.45, 2.75) is 32.7 Å². The molecular formula is C20H21N9O. The third kappa shape index (κ3) is 3.59. The van der Waals surface area contributed by atoms with Gasteiger partial charge in [0.2, 0.25) is 5.95 Å². The molecule has 2 N–H and O–H groups in total. The van der Waals surface area contributed by atoms with E-state index in [9.17, 15) is 0 Å². The Morgan fingerprint density at radius 3 is 2.77 bits per heavy atom. The monoisotopic (exact) mass is 403 g/mol. The van der Waals surface area contributed by atoms with E-state index < -0.39 is 0 Å². The maximum atomic E-state index is 5.66. The quantitative estimate of drug-likeness (QED) is 0.516. The summed E-state index contributed by atoms with van der Waals surface area (Å²) in [7, 11) is 0. The average molecular weight is 403 g/mol. The van der Waals surface area contributed by atoms with E-state index in [1.54, 1.807) is 18.5 Å². The molecule has 4 aromatic rings. The molecule has 1 unspecified atom stereocenters. The molecule has 0 bridgehead atoms. The first kappa shape index (κ1) is 18.2. The van der Waals surface area contributed by atoms with Crippen molar-refractivity contribution < 1.29 is 4.52 Å². The molecule has 1 aliphatic rings. The maximum Gasteiger partial charge on any atom is 0.228 e. The minimum Gasteiger partial charge on any atom is -0.358 e. The molecule has 0 spiro atoms. The largest absolute Gasteiger partial charge is 0.358 e. The van der Waals surface area contributed by atoms with Gasteiger partial charge in [-0.15, -0.1) is 0 Å². The number of nitrogens with one attached hydrogen (secondary N) is 2. The van der Waals surface area contributed by atoms with Gasteiger partial charge in [0.15, 0.2) is 23.1 Å². The van der Waals surface area contributed by atoms with Crippen molar-refractivity contribution in [1.82, 2.24) is 35.3 Å². The maximum absolute atomic E-state index is 5.66. The summed E-state index contributed by atoms with van der Waals surface area (Å²) in [5.74, 6) is 3.38. The molecule has 0 aromatic carbocycles.